The van der Waals surface area contributed by atoms with Gasteiger partial charge in [0.05, 0.1) is 16.8 Å². The summed E-state index contributed by atoms with van der Waals surface area (Å²) < 4.78 is 53.4. The van der Waals surface area contributed by atoms with Crippen molar-refractivity contribution in [2.75, 3.05) is 11.4 Å². The summed E-state index contributed by atoms with van der Waals surface area (Å²) in [6, 6.07) is 9.01. The van der Waals surface area contributed by atoms with E-state index >= 15 is 0 Å². The molecule has 1 amide bonds. The van der Waals surface area contributed by atoms with Gasteiger partial charge in [0.25, 0.3) is 5.91 Å². The molecule has 0 aromatic heterocycles. The smallest absolute Gasteiger partial charge is 0.305 e. The van der Waals surface area contributed by atoms with Crippen LogP contribution in [0.1, 0.15) is 27.9 Å². The van der Waals surface area contributed by atoms with Crippen molar-refractivity contribution in [2.24, 2.45) is 0 Å². The zero-order valence-corrected chi connectivity index (χ0v) is 12.0. The third-order valence-corrected chi connectivity index (χ3v) is 3.88. The van der Waals surface area contributed by atoms with Gasteiger partial charge < -0.3 is 4.90 Å². The lowest BCUT2D eigenvalue weighted by molar-refractivity contribution is -0.137. The molecule has 2 aromatic rings. The highest BCUT2D eigenvalue weighted by Crippen LogP contribution is 2.35. The van der Waals surface area contributed by atoms with Gasteiger partial charge in [-0.05, 0) is 36.6 Å². The Bertz CT molecular complexity index is 754. The number of benzene rings is 2. The van der Waals surface area contributed by atoms with Crippen LogP contribution in [0, 0.1) is 5.82 Å². The van der Waals surface area contributed by atoms with Gasteiger partial charge in [-0.2, -0.15) is 13.2 Å². The van der Waals surface area contributed by atoms with Gasteiger partial charge in [-0.3, -0.25) is 4.79 Å². The van der Waals surface area contributed by atoms with Crippen molar-refractivity contribution in [3.63, 3.8) is 0 Å². The molecule has 0 fully saturated rings. The lowest BCUT2D eigenvalue weighted by Gasteiger charge is -2.30. The number of rotatable bonds is 1. The van der Waals surface area contributed by atoms with Crippen molar-refractivity contribution in [3.05, 3.63) is 65.0 Å². The first-order chi connectivity index (χ1) is 10.9. The normalized spacial score (nSPS) is 14.5. The van der Waals surface area contributed by atoms with Crippen molar-refractivity contribution in [1.29, 1.82) is 0 Å². The number of aryl methyl sites for hydroxylation is 1. The molecule has 0 N–H and O–H groups in total. The lowest BCUT2D eigenvalue weighted by Crippen LogP contribution is -2.37. The highest BCUT2D eigenvalue weighted by Gasteiger charge is 2.37. The maximum atomic E-state index is 14.1. The summed E-state index contributed by atoms with van der Waals surface area (Å²) in [5.41, 5.74) is -0.751. The summed E-state index contributed by atoms with van der Waals surface area (Å²) in [6.07, 6.45) is -3.46. The fourth-order valence-electron chi connectivity index (χ4n) is 2.87. The molecular formula is C17H13F4NO. The summed E-state index contributed by atoms with van der Waals surface area (Å²) in [4.78, 5) is 13.8. The van der Waals surface area contributed by atoms with E-state index in [2.05, 4.69) is 0 Å². The van der Waals surface area contributed by atoms with Gasteiger partial charge in [-0.15, -0.1) is 0 Å². The Hall–Kier alpha value is -2.37. The van der Waals surface area contributed by atoms with Crippen LogP contribution < -0.4 is 4.90 Å². The molecule has 0 radical (unpaired) electrons. The second kappa shape index (κ2) is 5.68. The number of halogens is 4. The number of alkyl halides is 3. The molecule has 0 unspecified atom stereocenters. The van der Waals surface area contributed by atoms with E-state index in [1.807, 2.05) is 0 Å². The van der Waals surface area contributed by atoms with E-state index in [9.17, 15) is 22.4 Å². The highest BCUT2D eigenvalue weighted by atomic mass is 19.4. The number of carbonyl (C=O) groups is 1. The molecule has 1 aliphatic heterocycles. The second-order valence-electron chi connectivity index (χ2n) is 5.35. The third kappa shape index (κ3) is 2.81. The summed E-state index contributed by atoms with van der Waals surface area (Å²) >= 11 is 0. The first kappa shape index (κ1) is 15.5. The van der Waals surface area contributed by atoms with Crippen LogP contribution in [0.5, 0.6) is 0 Å². The van der Waals surface area contributed by atoms with Crippen LogP contribution in [0.4, 0.5) is 23.2 Å². The van der Waals surface area contributed by atoms with Crippen molar-refractivity contribution in [2.45, 2.75) is 19.0 Å². The monoisotopic (exact) mass is 323 g/mol. The number of hydrogen-bond donors (Lipinski definition) is 0. The first-order valence-corrected chi connectivity index (χ1v) is 7.15. The number of para-hydroxylation sites is 1. The van der Waals surface area contributed by atoms with E-state index in [1.165, 1.54) is 24.3 Å². The predicted octanol–water partition coefficient (Wildman–Crippen LogP) is 4.44. The van der Waals surface area contributed by atoms with Crippen molar-refractivity contribution >= 4 is 11.6 Å². The molecule has 0 bridgehead atoms. The first-order valence-electron chi connectivity index (χ1n) is 7.15. The van der Waals surface area contributed by atoms with E-state index in [1.54, 1.807) is 6.07 Å². The average Bonchev–Trinajstić information content (AvgIpc) is 2.53. The second-order valence-corrected chi connectivity index (χ2v) is 5.35. The number of nitrogens with zero attached hydrogens (tertiary/aromatic N) is 1. The zero-order chi connectivity index (χ0) is 16.6. The zero-order valence-electron chi connectivity index (χ0n) is 12.0. The maximum Gasteiger partial charge on any atom is 0.417 e. The Kier molecular flexibility index (Phi) is 3.83. The summed E-state index contributed by atoms with van der Waals surface area (Å²) in [7, 11) is 0. The molecule has 0 spiro atoms. The number of carbonyl (C=O) groups excluding carboxylic acids is 1. The predicted molar refractivity (Wildman–Crippen MR) is 77.8 cm³/mol. The minimum Gasteiger partial charge on any atom is -0.305 e. The molecule has 1 aliphatic rings. The van der Waals surface area contributed by atoms with Gasteiger partial charge in [-0.25, -0.2) is 4.39 Å². The van der Waals surface area contributed by atoms with Crippen LogP contribution in [0.15, 0.2) is 42.5 Å². The Balaban J connectivity index is 2.08. The molecular weight excluding hydrogens is 310 g/mol. The summed E-state index contributed by atoms with van der Waals surface area (Å²) in [5.74, 6) is -1.43. The fraction of sp³-hybridized carbons (Fsp3) is 0.235. The van der Waals surface area contributed by atoms with Crippen LogP contribution in [-0.2, 0) is 12.6 Å². The Morgan fingerprint density at radius 2 is 1.78 bits per heavy atom. The van der Waals surface area contributed by atoms with Crippen LogP contribution in [0.3, 0.4) is 0 Å². The molecule has 0 saturated heterocycles. The minimum absolute atomic E-state index is 0.0840. The van der Waals surface area contributed by atoms with E-state index in [0.29, 0.717) is 18.4 Å². The Labute approximate surface area is 130 Å². The van der Waals surface area contributed by atoms with E-state index in [4.69, 9.17) is 0 Å². The number of fused-ring (bicyclic) bond motifs is 1. The molecule has 2 nitrogen and oxygen atoms in total. The molecule has 0 atom stereocenters. The Morgan fingerprint density at radius 3 is 2.52 bits per heavy atom. The Morgan fingerprint density at radius 1 is 1.04 bits per heavy atom. The quantitative estimate of drug-likeness (QED) is 0.711. The molecule has 120 valence electrons. The maximum absolute atomic E-state index is 14.1. The highest BCUT2D eigenvalue weighted by molar-refractivity contribution is 6.07. The van der Waals surface area contributed by atoms with E-state index in [0.717, 1.165) is 17.0 Å². The number of hydrogen-bond acceptors (Lipinski definition) is 1. The largest absolute Gasteiger partial charge is 0.417 e. The molecule has 1 heterocycles. The molecule has 0 aliphatic carbocycles. The number of anilines is 1. The van der Waals surface area contributed by atoms with E-state index < -0.39 is 29.0 Å². The molecule has 0 saturated carbocycles. The van der Waals surface area contributed by atoms with Gasteiger partial charge in [0.2, 0.25) is 0 Å². The molecule has 3 rings (SSSR count). The van der Waals surface area contributed by atoms with Gasteiger partial charge in [-0.1, -0.05) is 24.3 Å². The molecule has 23 heavy (non-hydrogen) atoms. The molecule has 2 aromatic carbocycles. The topological polar surface area (TPSA) is 20.3 Å². The average molecular weight is 323 g/mol. The van der Waals surface area contributed by atoms with Crippen molar-refractivity contribution in [1.82, 2.24) is 0 Å². The molecule has 6 heteroatoms. The summed E-state index contributed by atoms with van der Waals surface area (Å²) in [6.45, 7) is 0.193. The van der Waals surface area contributed by atoms with Crippen LogP contribution in [0.2, 0.25) is 0 Å². The van der Waals surface area contributed by atoms with Gasteiger partial charge >= 0.3 is 6.18 Å². The standard InChI is InChI=1S/C17H13F4NO/c18-14-9-3-5-11-6-4-10-22(15(11)14)16(23)12-7-1-2-8-13(12)17(19,20)21/h1-3,5,7-9H,4,6,10H2. The minimum atomic E-state index is -4.64. The van der Waals surface area contributed by atoms with Gasteiger partial charge in [0, 0.05) is 6.54 Å². The van der Waals surface area contributed by atoms with Crippen LogP contribution >= 0.6 is 0 Å². The fourth-order valence-corrected chi connectivity index (χ4v) is 2.87. The summed E-state index contributed by atoms with van der Waals surface area (Å²) in [5, 5.41) is 0. The van der Waals surface area contributed by atoms with Crippen LogP contribution in [0.25, 0.3) is 0 Å². The van der Waals surface area contributed by atoms with E-state index in [-0.39, 0.29) is 12.2 Å². The van der Waals surface area contributed by atoms with Gasteiger partial charge in [0.1, 0.15) is 5.82 Å². The van der Waals surface area contributed by atoms with Gasteiger partial charge in [0.15, 0.2) is 0 Å². The number of amides is 1. The van der Waals surface area contributed by atoms with Crippen molar-refractivity contribution < 1.29 is 22.4 Å². The lowest BCUT2D eigenvalue weighted by atomic mass is 9.99. The third-order valence-electron chi connectivity index (χ3n) is 3.88. The van der Waals surface area contributed by atoms with Crippen molar-refractivity contribution in [3.8, 4) is 0 Å². The van der Waals surface area contributed by atoms with Crippen LogP contribution in [-0.4, -0.2) is 12.5 Å². The SMILES string of the molecule is O=C(c1ccccc1C(F)(F)F)N1CCCc2cccc(F)c21.